The standard InChI is InChI=1S/C17H18FNO5/c18-13-8-4-7-12(15(13)21)16(22)14(20)9-19-17(23)24-10-11-5-2-1-3-6-11/h1-8,14,16,20-22H,9-10H2,(H,19,23). The SMILES string of the molecule is O=C(NCC(O)C(O)c1cccc(F)c1O)OCc1ccccc1. The summed E-state index contributed by atoms with van der Waals surface area (Å²) >= 11 is 0. The van der Waals surface area contributed by atoms with Crippen molar-refractivity contribution in [2.75, 3.05) is 6.54 Å². The van der Waals surface area contributed by atoms with Gasteiger partial charge in [0.1, 0.15) is 18.8 Å². The van der Waals surface area contributed by atoms with Crippen molar-refractivity contribution in [2.45, 2.75) is 18.8 Å². The number of halogens is 1. The molecule has 0 spiro atoms. The number of rotatable bonds is 6. The van der Waals surface area contributed by atoms with Crippen LogP contribution in [-0.2, 0) is 11.3 Å². The van der Waals surface area contributed by atoms with E-state index in [0.29, 0.717) is 0 Å². The molecule has 0 aliphatic rings. The number of hydrogen-bond acceptors (Lipinski definition) is 5. The van der Waals surface area contributed by atoms with Gasteiger partial charge in [-0.2, -0.15) is 0 Å². The fourth-order valence-corrected chi connectivity index (χ4v) is 2.05. The van der Waals surface area contributed by atoms with Crippen LogP contribution in [0.2, 0.25) is 0 Å². The summed E-state index contributed by atoms with van der Waals surface area (Å²) in [6, 6.07) is 12.6. The molecule has 0 bridgehead atoms. The first-order valence-electron chi connectivity index (χ1n) is 7.27. The lowest BCUT2D eigenvalue weighted by Gasteiger charge is -2.19. The Kier molecular flexibility index (Phi) is 6.11. The van der Waals surface area contributed by atoms with E-state index in [9.17, 15) is 24.5 Å². The van der Waals surface area contributed by atoms with E-state index >= 15 is 0 Å². The second kappa shape index (κ2) is 8.28. The number of ether oxygens (including phenoxy) is 1. The van der Waals surface area contributed by atoms with Gasteiger partial charge in [0.25, 0.3) is 0 Å². The van der Waals surface area contributed by atoms with E-state index in [-0.39, 0.29) is 18.7 Å². The largest absolute Gasteiger partial charge is 0.505 e. The number of phenols is 1. The third-order valence-electron chi connectivity index (χ3n) is 3.37. The van der Waals surface area contributed by atoms with Gasteiger partial charge in [0.2, 0.25) is 0 Å². The average molecular weight is 335 g/mol. The maximum atomic E-state index is 13.2. The second-order valence-corrected chi connectivity index (χ2v) is 5.13. The third-order valence-corrected chi connectivity index (χ3v) is 3.37. The van der Waals surface area contributed by atoms with Gasteiger partial charge in [-0.15, -0.1) is 0 Å². The molecule has 128 valence electrons. The van der Waals surface area contributed by atoms with Crippen LogP contribution in [0, 0.1) is 5.82 Å². The second-order valence-electron chi connectivity index (χ2n) is 5.13. The molecule has 0 radical (unpaired) electrons. The van der Waals surface area contributed by atoms with Crippen molar-refractivity contribution in [1.29, 1.82) is 0 Å². The number of phenolic OH excluding ortho intramolecular Hbond substituents is 1. The van der Waals surface area contributed by atoms with Gasteiger partial charge in [-0.3, -0.25) is 0 Å². The lowest BCUT2D eigenvalue weighted by atomic mass is 10.0. The molecule has 2 aromatic carbocycles. The topological polar surface area (TPSA) is 99.0 Å². The van der Waals surface area contributed by atoms with Gasteiger partial charge in [0.05, 0.1) is 0 Å². The number of alkyl carbamates (subject to hydrolysis) is 1. The van der Waals surface area contributed by atoms with Crippen molar-refractivity contribution in [3.05, 3.63) is 65.5 Å². The number of hydrogen-bond donors (Lipinski definition) is 4. The Balaban J connectivity index is 1.82. The molecule has 0 heterocycles. The number of carbonyl (C=O) groups excluding carboxylic acids is 1. The zero-order valence-electron chi connectivity index (χ0n) is 12.7. The van der Waals surface area contributed by atoms with Crippen LogP contribution in [0.1, 0.15) is 17.2 Å². The molecule has 2 atom stereocenters. The molecular weight excluding hydrogens is 317 g/mol. The third kappa shape index (κ3) is 4.68. The lowest BCUT2D eigenvalue weighted by Crippen LogP contribution is -2.35. The smallest absolute Gasteiger partial charge is 0.407 e. The minimum Gasteiger partial charge on any atom is -0.505 e. The van der Waals surface area contributed by atoms with Crippen molar-refractivity contribution in [3.8, 4) is 5.75 Å². The first-order chi connectivity index (χ1) is 11.5. The molecule has 2 rings (SSSR count). The van der Waals surface area contributed by atoms with Crippen LogP contribution in [0.3, 0.4) is 0 Å². The summed E-state index contributed by atoms with van der Waals surface area (Å²) in [7, 11) is 0. The van der Waals surface area contributed by atoms with E-state index in [2.05, 4.69) is 5.32 Å². The van der Waals surface area contributed by atoms with Gasteiger partial charge >= 0.3 is 6.09 Å². The molecule has 24 heavy (non-hydrogen) atoms. The number of carbonyl (C=O) groups is 1. The highest BCUT2D eigenvalue weighted by Gasteiger charge is 2.23. The maximum Gasteiger partial charge on any atom is 0.407 e. The summed E-state index contributed by atoms with van der Waals surface area (Å²) in [4.78, 5) is 11.6. The van der Waals surface area contributed by atoms with Crippen LogP contribution in [0.25, 0.3) is 0 Å². The number of aromatic hydroxyl groups is 1. The zero-order valence-corrected chi connectivity index (χ0v) is 12.7. The van der Waals surface area contributed by atoms with Crippen molar-refractivity contribution in [1.82, 2.24) is 5.32 Å². The van der Waals surface area contributed by atoms with Crippen LogP contribution in [0.15, 0.2) is 48.5 Å². The Morgan fingerprint density at radius 2 is 1.83 bits per heavy atom. The van der Waals surface area contributed by atoms with Gasteiger partial charge in [-0.1, -0.05) is 42.5 Å². The van der Waals surface area contributed by atoms with Gasteiger partial charge in [-0.25, -0.2) is 9.18 Å². The van der Waals surface area contributed by atoms with Crippen LogP contribution in [0.5, 0.6) is 5.75 Å². The molecule has 4 N–H and O–H groups in total. The molecule has 0 fully saturated rings. The molecule has 2 aromatic rings. The van der Waals surface area contributed by atoms with Crippen molar-refractivity contribution >= 4 is 6.09 Å². The quantitative estimate of drug-likeness (QED) is 0.646. The van der Waals surface area contributed by atoms with Crippen LogP contribution in [-0.4, -0.2) is 34.1 Å². The Labute approximate surface area is 138 Å². The van der Waals surface area contributed by atoms with E-state index < -0.39 is 29.9 Å². The Hall–Kier alpha value is -2.64. The average Bonchev–Trinajstić information content (AvgIpc) is 2.60. The molecule has 0 saturated heterocycles. The van der Waals surface area contributed by atoms with E-state index in [1.807, 2.05) is 18.2 Å². The minimum atomic E-state index is -1.56. The van der Waals surface area contributed by atoms with Crippen LogP contribution in [0.4, 0.5) is 9.18 Å². The molecule has 7 heteroatoms. The highest BCUT2D eigenvalue weighted by molar-refractivity contribution is 5.67. The van der Waals surface area contributed by atoms with Crippen LogP contribution < -0.4 is 5.32 Å². The van der Waals surface area contributed by atoms with Gasteiger partial charge in [0.15, 0.2) is 11.6 Å². The molecule has 0 aliphatic heterocycles. The highest BCUT2D eigenvalue weighted by atomic mass is 19.1. The van der Waals surface area contributed by atoms with E-state index in [1.54, 1.807) is 12.1 Å². The lowest BCUT2D eigenvalue weighted by molar-refractivity contribution is 0.0168. The molecule has 1 amide bonds. The fraction of sp³-hybridized carbons (Fsp3) is 0.235. The predicted octanol–water partition coefficient (Wildman–Crippen LogP) is 1.85. The Morgan fingerprint density at radius 3 is 2.54 bits per heavy atom. The first kappa shape index (κ1) is 17.7. The summed E-state index contributed by atoms with van der Waals surface area (Å²) in [6.45, 7) is -0.263. The summed E-state index contributed by atoms with van der Waals surface area (Å²) in [5.74, 6) is -1.65. The molecular formula is C17H18FNO5. The molecule has 0 aromatic heterocycles. The van der Waals surface area contributed by atoms with Crippen LogP contribution >= 0.6 is 0 Å². The number of amides is 1. The molecule has 0 aliphatic carbocycles. The number of aliphatic hydroxyl groups excluding tert-OH is 2. The fourth-order valence-electron chi connectivity index (χ4n) is 2.05. The first-order valence-corrected chi connectivity index (χ1v) is 7.27. The minimum absolute atomic E-state index is 0.0655. The van der Waals surface area contributed by atoms with E-state index in [1.165, 1.54) is 12.1 Å². The Bertz CT molecular complexity index is 680. The number of nitrogens with one attached hydrogen (secondary N) is 1. The predicted molar refractivity (Wildman–Crippen MR) is 83.7 cm³/mol. The highest BCUT2D eigenvalue weighted by Crippen LogP contribution is 2.28. The monoisotopic (exact) mass is 335 g/mol. The van der Waals surface area contributed by atoms with Gasteiger partial charge in [0, 0.05) is 12.1 Å². The van der Waals surface area contributed by atoms with E-state index in [4.69, 9.17) is 4.74 Å². The maximum absolute atomic E-state index is 13.2. The number of aliphatic hydroxyl groups is 2. The summed E-state index contributed by atoms with van der Waals surface area (Å²) in [5, 5.41) is 31.7. The summed E-state index contributed by atoms with van der Waals surface area (Å²) < 4.78 is 18.2. The normalized spacial score (nSPS) is 13.1. The summed E-state index contributed by atoms with van der Waals surface area (Å²) in [5.41, 5.74) is 0.639. The molecule has 0 saturated carbocycles. The Morgan fingerprint density at radius 1 is 1.12 bits per heavy atom. The molecule has 6 nitrogen and oxygen atoms in total. The number of benzene rings is 2. The van der Waals surface area contributed by atoms with Gasteiger partial charge < -0.3 is 25.4 Å². The van der Waals surface area contributed by atoms with Gasteiger partial charge in [-0.05, 0) is 11.6 Å². The van der Waals surface area contributed by atoms with E-state index in [0.717, 1.165) is 11.6 Å². The van der Waals surface area contributed by atoms with Crippen molar-refractivity contribution < 1.29 is 29.2 Å². The van der Waals surface area contributed by atoms with Crippen molar-refractivity contribution in [3.63, 3.8) is 0 Å². The van der Waals surface area contributed by atoms with Crippen molar-refractivity contribution in [2.24, 2.45) is 0 Å². The number of para-hydroxylation sites is 1. The zero-order chi connectivity index (χ0) is 17.5. The summed E-state index contributed by atoms with van der Waals surface area (Å²) in [6.07, 6.45) is -3.77. The molecule has 2 unspecified atom stereocenters.